The fourth-order valence-corrected chi connectivity index (χ4v) is 4.08. The molecule has 3 heterocycles. The van der Waals surface area contributed by atoms with Crippen LogP contribution >= 0.6 is 0 Å². The number of quaternary nitrogens is 1. The molecule has 0 radical (unpaired) electrons. The van der Waals surface area contributed by atoms with Crippen LogP contribution < -0.4 is 0 Å². The molecule has 0 spiro atoms. The Morgan fingerprint density at radius 3 is 2.85 bits per heavy atom. The first kappa shape index (κ1) is 19.0. The molecule has 0 aromatic rings. The molecule has 3 rings (SSSR count). The Balaban J connectivity index is 1.96. The van der Waals surface area contributed by atoms with Crippen LogP contribution in [0, 0.1) is 11.1 Å². The number of ether oxygens (including phenoxy) is 2. The molecule has 3 aliphatic heterocycles. The van der Waals surface area contributed by atoms with Crippen LogP contribution in [0.15, 0.2) is 23.3 Å². The predicted molar refractivity (Wildman–Crippen MR) is 90.3 cm³/mol. The van der Waals surface area contributed by atoms with Crippen molar-refractivity contribution in [2.24, 2.45) is 5.92 Å². The summed E-state index contributed by atoms with van der Waals surface area (Å²) in [5.74, 6) is -2.27. The van der Waals surface area contributed by atoms with Crippen LogP contribution in [0.25, 0.3) is 0 Å². The van der Waals surface area contributed by atoms with Gasteiger partial charge in [0.25, 0.3) is 0 Å². The number of hydrogen-bond acceptors (Lipinski definition) is 7. The van der Waals surface area contributed by atoms with E-state index in [4.69, 9.17) is 9.47 Å². The maximum Gasteiger partial charge on any atom is 0.341 e. The van der Waals surface area contributed by atoms with Crippen LogP contribution in [0.1, 0.15) is 26.7 Å². The minimum Gasteiger partial charge on any atom is -0.632 e. The zero-order chi connectivity index (χ0) is 19.1. The van der Waals surface area contributed by atoms with Gasteiger partial charge in [-0.1, -0.05) is 13.0 Å². The first-order valence-corrected chi connectivity index (χ1v) is 8.88. The lowest BCUT2D eigenvalue weighted by Crippen LogP contribution is -2.51. The normalized spacial score (nSPS) is 42.4. The summed E-state index contributed by atoms with van der Waals surface area (Å²) in [5, 5.41) is 33.1. The van der Waals surface area contributed by atoms with Crippen LogP contribution in [0.5, 0.6) is 0 Å². The summed E-state index contributed by atoms with van der Waals surface area (Å²) < 4.78 is 10.4. The molecule has 26 heavy (non-hydrogen) atoms. The fraction of sp³-hybridized carbons (Fsp3) is 0.667. The van der Waals surface area contributed by atoms with E-state index in [1.165, 1.54) is 0 Å². The number of hydrogen-bond donors (Lipinski definition) is 2. The van der Waals surface area contributed by atoms with E-state index in [0.717, 1.165) is 0 Å². The van der Waals surface area contributed by atoms with Gasteiger partial charge in [-0.15, -0.1) is 0 Å². The molecule has 5 atom stereocenters. The van der Waals surface area contributed by atoms with E-state index in [-0.39, 0.29) is 25.1 Å². The van der Waals surface area contributed by atoms with Gasteiger partial charge in [-0.05, 0) is 19.4 Å². The molecule has 0 aromatic carbocycles. The topological polar surface area (TPSA) is 116 Å². The summed E-state index contributed by atoms with van der Waals surface area (Å²) in [6.45, 7) is 2.81. The van der Waals surface area contributed by atoms with Crippen molar-refractivity contribution in [1.29, 1.82) is 0 Å². The van der Waals surface area contributed by atoms with E-state index < -0.39 is 46.9 Å². The Morgan fingerprint density at radius 1 is 1.46 bits per heavy atom. The van der Waals surface area contributed by atoms with Gasteiger partial charge in [-0.3, -0.25) is 0 Å². The lowest BCUT2D eigenvalue weighted by atomic mass is 9.84. The van der Waals surface area contributed by atoms with E-state index >= 15 is 0 Å². The zero-order valence-electron chi connectivity index (χ0n) is 15.0. The molecule has 2 N–H and O–H groups in total. The molecule has 0 aliphatic carbocycles. The second-order valence-electron chi connectivity index (χ2n) is 7.39. The largest absolute Gasteiger partial charge is 0.632 e. The second kappa shape index (κ2) is 6.77. The Bertz CT molecular complexity index is 672. The van der Waals surface area contributed by atoms with Gasteiger partial charge in [0.05, 0.1) is 19.7 Å². The average Bonchev–Trinajstić information content (AvgIpc) is 3.11. The monoisotopic (exact) mass is 367 g/mol. The number of rotatable bonds is 1. The maximum absolute atomic E-state index is 12.9. The summed E-state index contributed by atoms with van der Waals surface area (Å²) >= 11 is 0. The minimum absolute atomic E-state index is 0.0406. The predicted octanol–water partition coefficient (Wildman–Crippen LogP) is 0.178. The molecule has 0 aromatic heterocycles. The number of allylic oxidation sites excluding steroid dienone is 1. The van der Waals surface area contributed by atoms with Crippen LogP contribution in [-0.4, -0.2) is 70.8 Å². The quantitative estimate of drug-likeness (QED) is 0.223. The van der Waals surface area contributed by atoms with Gasteiger partial charge in [-0.2, -0.15) is 0 Å². The molecular formula is C18H25NO7. The lowest BCUT2D eigenvalue weighted by Gasteiger charge is -2.41. The average molecular weight is 367 g/mol. The van der Waals surface area contributed by atoms with Crippen molar-refractivity contribution in [2.45, 2.75) is 44.4 Å². The third-order valence-corrected chi connectivity index (χ3v) is 5.87. The fourth-order valence-electron chi connectivity index (χ4n) is 4.08. The Morgan fingerprint density at radius 2 is 2.19 bits per heavy atom. The number of carbonyl (C=O) groups excluding carboxylic acids is 2. The van der Waals surface area contributed by atoms with E-state index in [2.05, 4.69) is 0 Å². The number of aliphatic hydroxyl groups is 2. The molecule has 144 valence electrons. The number of cyclic esters (lactones) is 1. The number of carbonyl (C=O) groups is 2. The van der Waals surface area contributed by atoms with Crippen molar-refractivity contribution in [3.05, 3.63) is 28.5 Å². The first-order chi connectivity index (χ1) is 12.2. The minimum atomic E-state index is -2.13. The van der Waals surface area contributed by atoms with Gasteiger partial charge in [0.2, 0.25) is 0 Å². The Hall–Kier alpha value is -1.74. The summed E-state index contributed by atoms with van der Waals surface area (Å²) in [6, 6.07) is -0.594. The van der Waals surface area contributed by atoms with E-state index in [1.807, 2.05) is 0 Å². The van der Waals surface area contributed by atoms with Crippen molar-refractivity contribution < 1.29 is 33.9 Å². The lowest BCUT2D eigenvalue weighted by molar-refractivity contribution is -0.877. The Labute approximate surface area is 151 Å². The van der Waals surface area contributed by atoms with Crippen LogP contribution in [-0.2, 0) is 19.1 Å². The summed E-state index contributed by atoms with van der Waals surface area (Å²) in [7, 11) is 0. The smallest absolute Gasteiger partial charge is 0.341 e. The van der Waals surface area contributed by atoms with Gasteiger partial charge in [-0.25, -0.2) is 9.59 Å². The van der Waals surface area contributed by atoms with Crippen LogP contribution in [0.3, 0.4) is 0 Å². The molecular weight excluding hydrogens is 342 g/mol. The van der Waals surface area contributed by atoms with Gasteiger partial charge < -0.3 is 29.5 Å². The van der Waals surface area contributed by atoms with Crippen molar-refractivity contribution in [2.75, 3.05) is 26.3 Å². The van der Waals surface area contributed by atoms with Crippen molar-refractivity contribution in [3.8, 4) is 0 Å². The Kier molecular flexibility index (Phi) is 4.96. The molecule has 8 nitrogen and oxygen atoms in total. The summed E-state index contributed by atoms with van der Waals surface area (Å²) in [6.07, 6.45) is 3.22. The van der Waals surface area contributed by atoms with Gasteiger partial charge in [0, 0.05) is 23.5 Å². The first-order valence-electron chi connectivity index (χ1n) is 8.88. The molecule has 0 bridgehead atoms. The molecule has 2 saturated heterocycles. The van der Waals surface area contributed by atoms with E-state index in [9.17, 15) is 25.0 Å². The highest BCUT2D eigenvalue weighted by molar-refractivity contribution is 5.89. The van der Waals surface area contributed by atoms with Crippen molar-refractivity contribution in [3.63, 3.8) is 0 Å². The molecule has 2 fully saturated rings. The SMILES string of the molecule is C/C=C1\C[C@@H](C)[C@](O)(CO)C(=O)OCC2=CC[N+]3([O-])CC[C@@H](OC1=O)C23. The summed E-state index contributed by atoms with van der Waals surface area (Å²) in [4.78, 5) is 25.0. The summed E-state index contributed by atoms with van der Waals surface area (Å²) in [5.41, 5.74) is -1.25. The molecule has 0 amide bonds. The third-order valence-electron chi connectivity index (χ3n) is 5.87. The molecule has 8 heteroatoms. The second-order valence-corrected chi connectivity index (χ2v) is 7.39. The highest BCUT2D eigenvalue weighted by atomic mass is 16.6. The molecule has 0 saturated carbocycles. The van der Waals surface area contributed by atoms with Gasteiger partial charge >= 0.3 is 11.9 Å². The molecule has 2 unspecified atom stereocenters. The van der Waals surface area contributed by atoms with Crippen molar-refractivity contribution in [1.82, 2.24) is 0 Å². The van der Waals surface area contributed by atoms with Gasteiger partial charge in [0.15, 0.2) is 17.7 Å². The maximum atomic E-state index is 12.9. The van der Waals surface area contributed by atoms with E-state index in [1.54, 1.807) is 26.0 Å². The van der Waals surface area contributed by atoms with Gasteiger partial charge in [0.1, 0.15) is 6.61 Å². The van der Waals surface area contributed by atoms with E-state index in [0.29, 0.717) is 18.5 Å². The van der Waals surface area contributed by atoms with Crippen LogP contribution in [0.4, 0.5) is 0 Å². The number of hydroxylamine groups is 3. The molecule has 3 aliphatic rings. The van der Waals surface area contributed by atoms with Crippen LogP contribution in [0.2, 0.25) is 0 Å². The highest BCUT2D eigenvalue weighted by Gasteiger charge is 2.51. The number of nitrogens with zero attached hydrogens (tertiary/aromatic N) is 1. The number of esters is 2. The third kappa shape index (κ3) is 2.96. The standard InChI is InChI=1S/C18H25NO7/c1-3-12-8-11(2)18(23,10-20)17(22)25-9-13-4-6-19(24)7-5-14(15(13)19)26-16(12)21/h3-4,11,14-15,20,23H,5-10H2,1-2H3/b12-3+/t11-,14-,15?,18-,19?/m1/s1. The van der Waals surface area contributed by atoms with Crippen molar-refractivity contribution >= 4 is 11.9 Å². The number of aliphatic hydroxyl groups excluding tert-OH is 1. The highest BCUT2D eigenvalue weighted by Crippen LogP contribution is 2.39. The zero-order valence-corrected chi connectivity index (χ0v) is 15.0.